The van der Waals surface area contributed by atoms with Crippen LogP contribution in [-0.4, -0.2) is 42.2 Å². The van der Waals surface area contributed by atoms with E-state index in [1.54, 1.807) is 6.07 Å². The minimum Gasteiger partial charge on any atom is -0.492 e. The Labute approximate surface area is 168 Å². The van der Waals surface area contributed by atoms with E-state index in [1.165, 1.54) is 19.1 Å². The third-order valence-electron chi connectivity index (χ3n) is 5.29. The van der Waals surface area contributed by atoms with Crippen LogP contribution >= 0.6 is 0 Å². The van der Waals surface area contributed by atoms with Crippen LogP contribution in [0.1, 0.15) is 31.4 Å². The van der Waals surface area contributed by atoms with E-state index < -0.39 is 0 Å². The van der Waals surface area contributed by atoms with E-state index >= 15 is 0 Å². The van der Waals surface area contributed by atoms with Gasteiger partial charge >= 0.3 is 0 Å². The van der Waals surface area contributed by atoms with Gasteiger partial charge in [-0.3, -0.25) is 9.69 Å². The average molecular weight is 397 g/mol. The summed E-state index contributed by atoms with van der Waals surface area (Å²) in [6, 6.07) is 12.0. The summed E-state index contributed by atoms with van der Waals surface area (Å²) in [7, 11) is 0. The Morgan fingerprint density at radius 1 is 1.24 bits per heavy atom. The van der Waals surface area contributed by atoms with Gasteiger partial charge in [-0.2, -0.15) is 0 Å². The van der Waals surface area contributed by atoms with Crippen LogP contribution < -0.4 is 10.1 Å². The summed E-state index contributed by atoms with van der Waals surface area (Å²) in [4.78, 5) is 13.4. The molecule has 1 aliphatic rings. The van der Waals surface area contributed by atoms with Gasteiger partial charge in [0, 0.05) is 36.5 Å². The van der Waals surface area contributed by atoms with Gasteiger partial charge in [0.05, 0.1) is 5.69 Å². The number of hydrogen-bond donors (Lipinski definition) is 1. The maximum absolute atomic E-state index is 13.3. The number of hydrogen-bond acceptors (Lipinski definition) is 5. The summed E-state index contributed by atoms with van der Waals surface area (Å²) in [5.41, 5.74) is 2.21. The Hall–Kier alpha value is -2.93. The molecule has 0 bridgehead atoms. The van der Waals surface area contributed by atoms with Gasteiger partial charge in [0.25, 0.3) is 0 Å². The first-order chi connectivity index (χ1) is 14.1. The fourth-order valence-corrected chi connectivity index (χ4v) is 3.79. The van der Waals surface area contributed by atoms with Gasteiger partial charge in [-0.15, -0.1) is 0 Å². The molecular weight excluding hydrogens is 373 g/mol. The fraction of sp³-hybridized carbons (Fsp3) is 0.364. The highest BCUT2D eigenvalue weighted by molar-refractivity contribution is 5.88. The summed E-state index contributed by atoms with van der Waals surface area (Å²) in [5.74, 6) is 0.725. The Bertz CT molecular complexity index is 979. The van der Waals surface area contributed by atoms with Crippen LogP contribution in [0.5, 0.6) is 5.75 Å². The molecule has 7 heteroatoms. The number of halogens is 1. The average Bonchev–Trinajstić information content (AvgIpc) is 3.12. The Morgan fingerprint density at radius 2 is 2.00 bits per heavy atom. The number of aromatic nitrogens is 1. The fourth-order valence-electron chi connectivity index (χ4n) is 3.79. The zero-order valence-corrected chi connectivity index (χ0v) is 16.4. The molecule has 29 heavy (non-hydrogen) atoms. The van der Waals surface area contributed by atoms with Gasteiger partial charge in [0.2, 0.25) is 5.91 Å². The molecule has 0 atom stereocenters. The molecule has 1 amide bonds. The van der Waals surface area contributed by atoms with E-state index in [4.69, 9.17) is 9.26 Å². The van der Waals surface area contributed by atoms with Crippen molar-refractivity contribution in [2.24, 2.45) is 0 Å². The second kappa shape index (κ2) is 8.61. The van der Waals surface area contributed by atoms with Crippen molar-refractivity contribution < 1.29 is 18.4 Å². The molecule has 1 aliphatic heterocycles. The van der Waals surface area contributed by atoms with Crippen LogP contribution in [0.4, 0.5) is 10.1 Å². The summed E-state index contributed by atoms with van der Waals surface area (Å²) >= 11 is 0. The minimum atomic E-state index is -0.306. The van der Waals surface area contributed by atoms with Crippen molar-refractivity contribution in [1.29, 1.82) is 0 Å². The number of nitrogens with zero attached hydrogens (tertiary/aromatic N) is 2. The van der Waals surface area contributed by atoms with E-state index in [2.05, 4.69) is 15.4 Å². The maximum atomic E-state index is 13.3. The molecule has 1 aromatic heterocycles. The molecule has 1 saturated heterocycles. The summed E-state index contributed by atoms with van der Waals surface area (Å²) in [5, 5.41) is 7.85. The Balaban J connectivity index is 1.24. The second-order valence-corrected chi connectivity index (χ2v) is 7.38. The van der Waals surface area contributed by atoms with Crippen LogP contribution in [0.2, 0.25) is 0 Å². The molecular formula is C22H24FN3O3. The highest BCUT2D eigenvalue weighted by Crippen LogP contribution is 2.32. The molecule has 3 aromatic rings. The van der Waals surface area contributed by atoms with Gasteiger partial charge in [0.15, 0.2) is 5.58 Å². The molecule has 1 fully saturated rings. The SMILES string of the molecule is CC(=O)Nc1ccc(OCCN2CCC(c3noc4cc(F)ccc34)CC2)cc1. The number of benzene rings is 2. The lowest BCUT2D eigenvalue weighted by Crippen LogP contribution is -2.36. The van der Waals surface area contributed by atoms with E-state index in [1.807, 2.05) is 24.3 Å². The number of carbonyl (C=O) groups excluding carboxylic acids is 1. The molecule has 4 rings (SSSR count). The predicted octanol–water partition coefficient (Wildman–Crippen LogP) is 4.18. The molecule has 152 valence electrons. The van der Waals surface area contributed by atoms with E-state index in [9.17, 15) is 9.18 Å². The summed E-state index contributed by atoms with van der Waals surface area (Å²) < 4.78 is 24.5. The van der Waals surface area contributed by atoms with Crippen molar-refractivity contribution in [3.05, 3.63) is 54.0 Å². The first-order valence-electron chi connectivity index (χ1n) is 9.86. The molecule has 2 heterocycles. The Kier molecular flexibility index (Phi) is 5.76. The van der Waals surface area contributed by atoms with Gasteiger partial charge < -0.3 is 14.6 Å². The number of fused-ring (bicyclic) bond motifs is 1. The number of rotatable bonds is 6. The van der Waals surface area contributed by atoms with Crippen molar-refractivity contribution in [1.82, 2.24) is 10.1 Å². The highest BCUT2D eigenvalue weighted by Gasteiger charge is 2.25. The van der Waals surface area contributed by atoms with Crippen molar-refractivity contribution in [2.75, 3.05) is 31.6 Å². The van der Waals surface area contributed by atoms with Crippen molar-refractivity contribution in [3.8, 4) is 5.75 Å². The standard InChI is InChI=1S/C22H24FN3O3/c1-15(27)24-18-3-5-19(6-4-18)28-13-12-26-10-8-16(9-11-26)22-20-7-2-17(23)14-21(20)29-25-22/h2-7,14,16H,8-13H2,1H3,(H,24,27). The van der Waals surface area contributed by atoms with Crippen LogP contribution in [0, 0.1) is 5.82 Å². The van der Waals surface area contributed by atoms with Gasteiger partial charge in [0.1, 0.15) is 18.2 Å². The normalized spacial score (nSPS) is 15.5. The third kappa shape index (κ3) is 4.74. The number of piperidine rings is 1. The first kappa shape index (κ1) is 19.4. The molecule has 6 nitrogen and oxygen atoms in total. The lowest BCUT2D eigenvalue weighted by molar-refractivity contribution is -0.114. The molecule has 2 aromatic carbocycles. The predicted molar refractivity (Wildman–Crippen MR) is 109 cm³/mol. The number of amides is 1. The number of carbonyl (C=O) groups is 1. The molecule has 0 saturated carbocycles. The van der Waals surface area contributed by atoms with Gasteiger partial charge in [-0.1, -0.05) is 5.16 Å². The Morgan fingerprint density at radius 3 is 2.72 bits per heavy atom. The van der Waals surface area contributed by atoms with Crippen molar-refractivity contribution in [2.45, 2.75) is 25.7 Å². The highest BCUT2D eigenvalue weighted by atomic mass is 19.1. The maximum Gasteiger partial charge on any atom is 0.221 e. The summed E-state index contributed by atoms with van der Waals surface area (Å²) in [6.07, 6.45) is 1.98. The summed E-state index contributed by atoms with van der Waals surface area (Å²) in [6.45, 7) is 4.87. The largest absolute Gasteiger partial charge is 0.492 e. The monoisotopic (exact) mass is 397 g/mol. The van der Waals surface area contributed by atoms with Gasteiger partial charge in [-0.05, 0) is 62.3 Å². The van der Waals surface area contributed by atoms with Crippen molar-refractivity contribution >= 4 is 22.6 Å². The van der Waals surface area contributed by atoms with E-state index in [0.717, 1.165) is 55.0 Å². The van der Waals surface area contributed by atoms with Crippen LogP contribution in [0.25, 0.3) is 11.0 Å². The molecule has 0 radical (unpaired) electrons. The molecule has 0 aliphatic carbocycles. The third-order valence-corrected chi connectivity index (χ3v) is 5.29. The van der Waals surface area contributed by atoms with Crippen molar-refractivity contribution in [3.63, 3.8) is 0 Å². The number of likely N-dealkylation sites (tertiary alicyclic amines) is 1. The zero-order chi connectivity index (χ0) is 20.2. The van der Waals surface area contributed by atoms with Crippen LogP contribution in [-0.2, 0) is 4.79 Å². The first-order valence-corrected chi connectivity index (χ1v) is 9.86. The second-order valence-electron chi connectivity index (χ2n) is 7.38. The number of ether oxygens (including phenoxy) is 1. The topological polar surface area (TPSA) is 67.6 Å². The quantitative estimate of drug-likeness (QED) is 0.676. The van der Waals surface area contributed by atoms with Gasteiger partial charge in [-0.25, -0.2) is 4.39 Å². The van der Waals surface area contributed by atoms with E-state index in [0.29, 0.717) is 18.1 Å². The van der Waals surface area contributed by atoms with E-state index in [-0.39, 0.29) is 11.7 Å². The molecule has 1 N–H and O–H groups in total. The molecule has 0 unspecified atom stereocenters. The van der Waals surface area contributed by atoms with Crippen LogP contribution in [0.3, 0.4) is 0 Å². The van der Waals surface area contributed by atoms with Crippen LogP contribution in [0.15, 0.2) is 47.0 Å². The lowest BCUT2D eigenvalue weighted by atomic mass is 9.91. The molecule has 0 spiro atoms. The lowest BCUT2D eigenvalue weighted by Gasteiger charge is -2.31. The zero-order valence-electron chi connectivity index (χ0n) is 16.4. The minimum absolute atomic E-state index is 0.0900. The number of anilines is 1. The smallest absolute Gasteiger partial charge is 0.221 e. The number of nitrogens with one attached hydrogen (secondary N) is 1.